The van der Waals surface area contributed by atoms with Crippen LogP contribution in [0.4, 0.5) is 5.69 Å². The summed E-state index contributed by atoms with van der Waals surface area (Å²) in [6.45, 7) is 5.79. The molecule has 226 valence electrons. The molecule has 2 amide bonds. The lowest BCUT2D eigenvalue weighted by atomic mass is 10.1. The summed E-state index contributed by atoms with van der Waals surface area (Å²) >= 11 is 7.95. The quantitative estimate of drug-likeness (QED) is 0.207. The fourth-order valence-corrected chi connectivity index (χ4v) is 6.45. The van der Waals surface area contributed by atoms with Crippen LogP contribution in [0, 0.1) is 0 Å². The number of benzene rings is 3. The van der Waals surface area contributed by atoms with Crippen molar-refractivity contribution in [2.75, 3.05) is 30.3 Å². The number of carbonyl (C=O) groups excluding carboxylic acids is 2. The second kappa shape index (κ2) is 15.9. The maximum atomic E-state index is 14.2. The number of carbonyl (C=O) groups is 2. The molecule has 1 unspecified atom stereocenters. The molecule has 0 spiro atoms. The third-order valence-corrected chi connectivity index (χ3v) is 9.48. The van der Waals surface area contributed by atoms with Crippen LogP contribution in [-0.4, -0.2) is 57.1 Å². The molecule has 0 saturated heterocycles. The van der Waals surface area contributed by atoms with Crippen LogP contribution in [-0.2, 0) is 26.2 Å². The Hall–Kier alpha value is -3.21. The number of thioether (sulfide) groups is 1. The Labute approximate surface area is 258 Å². The highest BCUT2D eigenvalue weighted by Crippen LogP contribution is 2.33. The topological polar surface area (TPSA) is 96.0 Å². The number of para-hydroxylation sites is 2. The van der Waals surface area contributed by atoms with Crippen LogP contribution in [0.5, 0.6) is 5.75 Å². The van der Waals surface area contributed by atoms with Gasteiger partial charge in [0.15, 0.2) is 0 Å². The average molecular weight is 632 g/mol. The highest BCUT2D eigenvalue weighted by Gasteiger charge is 2.35. The number of nitrogens with one attached hydrogen (secondary N) is 1. The Bertz CT molecular complexity index is 1450. The minimum Gasteiger partial charge on any atom is -0.492 e. The first kappa shape index (κ1) is 33.3. The molecule has 3 rings (SSSR count). The average Bonchev–Trinajstić information content (AvgIpc) is 3.00. The number of anilines is 1. The zero-order valence-corrected chi connectivity index (χ0v) is 26.8. The van der Waals surface area contributed by atoms with Crippen molar-refractivity contribution < 1.29 is 22.7 Å². The summed E-state index contributed by atoms with van der Waals surface area (Å²) in [7, 11) is -4.23. The molecular formula is C31H38ClN3O5S2. The van der Waals surface area contributed by atoms with Gasteiger partial charge in [0, 0.05) is 23.0 Å². The van der Waals surface area contributed by atoms with E-state index >= 15 is 0 Å². The Morgan fingerprint density at radius 2 is 1.64 bits per heavy atom. The van der Waals surface area contributed by atoms with E-state index in [1.807, 2.05) is 20.1 Å². The first-order valence-electron chi connectivity index (χ1n) is 13.9. The highest BCUT2D eigenvalue weighted by molar-refractivity contribution is 7.98. The third-order valence-electron chi connectivity index (χ3n) is 6.59. The van der Waals surface area contributed by atoms with Crippen molar-refractivity contribution >= 4 is 50.9 Å². The fourth-order valence-electron chi connectivity index (χ4n) is 4.42. The number of hydrogen-bond acceptors (Lipinski definition) is 6. The minimum absolute atomic E-state index is 0.0278. The summed E-state index contributed by atoms with van der Waals surface area (Å²) in [6, 6.07) is 19.4. The van der Waals surface area contributed by atoms with E-state index in [9.17, 15) is 18.0 Å². The summed E-state index contributed by atoms with van der Waals surface area (Å²) in [4.78, 5) is 29.8. The molecule has 0 aliphatic heterocycles. The third kappa shape index (κ3) is 8.20. The molecule has 3 aromatic carbocycles. The molecule has 1 atom stereocenters. The van der Waals surface area contributed by atoms with E-state index in [-0.39, 0.29) is 23.0 Å². The minimum atomic E-state index is -4.23. The second-order valence-electron chi connectivity index (χ2n) is 9.42. The number of rotatable bonds is 15. The van der Waals surface area contributed by atoms with Crippen molar-refractivity contribution in [3.05, 3.63) is 83.4 Å². The molecule has 0 bridgehead atoms. The molecule has 0 aliphatic rings. The van der Waals surface area contributed by atoms with Gasteiger partial charge >= 0.3 is 0 Å². The van der Waals surface area contributed by atoms with Crippen molar-refractivity contribution in [3.63, 3.8) is 0 Å². The van der Waals surface area contributed by atoms with Gasteiger partial charge in [0.2, 0.25) is 11.8 Å². The first-order chi connectivity index (χ1) is 20.2. The van der Waals surface area contributed by atoms with Gasteiger partial charge in [0.1, 0.15) is 18.3 Å². The molecule has 8 nitrogen and oxygen atoms in total. The van der Waals surface area contributed by atoms with Crippen molar-refractivity contribution in [3.8, 4) is 5.75 Å². The van der Waals surface area contributed by atoms with Crippen LogP contribution in [0.1, 0.15) is 39.2 Å². The van der Waals surface area contributed by atoms with E-state index in [0.29, 0.717) is 35.9 Å². The Morgan fingerprint density at radius 1 is 0.976 bits per heavy atom. The molecule has 3 aromatic rings. The largest absolute Gasteiger partial charge is 0.492 e. The van der Waals surface area contributed by atoms with Gasteiger partial charge in [-0.25, -0.2) is 8.42 Å². The highest BCUT2D eigenvalue weighted by atomic mass is 35.5. The Balaban J connectivity index is 2.12. The molecule has 0 aliphatic carbocycles. The van der Waals surface area contributed by atoms with Crippen LogP contribution in [0.3, 0.4) is 0 Å². The van der Waals surface area contributed by atoms with Gasteiger partial charge in [0.05, 0.1) is 17.2 Å². The number of halogens is 1. The molecule has 42 heavy (non-hydrogen) atoms. The van der Waals surface area contributed by atoms with Gasteiger partial charge in [-0.15, -0.1) is 11.8 Å². The van der Waals surface area contributed by atoms with Gasteiger partial charge in [-0.1, -0.05) is 55.8 Å². The van der Waals surface area contributed by atoms with Gasteiger partial charge in [-0.05, 0) is 74.0 Å². The summed E-state index contributed by atoms with van der Waals surface area (Å²) < 4.78 is 35.2. The smallest absolute Gasteiger partial charge is 0.264 e. The molecule has 0 saturated carbocycles. The zero-order chi connectivity index (χ0) is 30.7. The lowest BCUT2D eigenvalue weighted by molar-refractivity contribution is -0.140. The zero-order valence-electron chi connectivity index (χ0n) is 24.4. The van der Waals surface area contributed by atoms with Crippen LogP contribution in [0.2, 0.25) is 5.02 Å². The van der Waals surface area contributed by atoms with Crippen molar-refractivity contribution in [2.45, 2.75) is 56.0 Å². The monoisotopic (exact) mass is 631 g/mol. The van der Waals surface area contributed by atoms with Crippen LogP contribution >= 0.6 is 23.4 Å². The maximum Gasteiger partial charge on any atom is 0.264 e. The molecule has 11 heteroatoms. The molecule has 0 fully saturated rings. The van der Waals surface area contributed by atoms with E-state index in [2.05, 4.69) is 5.32 Å². The normalized spacial score (nSPS) is 11.9. The summed E-state index contributed by atoms with van der Waals surface area (Å²) in [5.41, 5.74) is 0.869. The summed E-state index contributed by atoms with van der Waals surface area (Å²) in [5.74, 6) is -0.539. The maximum absolute atomic E-state index is 14.2. The number of sulfonamides is 1. The second-order valence-corrected chi connectivity index (χ2v) is 12.6. The standard InChI is InChI=1S/C31H38ClN3O5S2/c1-5-20-33-31(37)27(6-2)34(21-23-12-8-9-13-26(23)32)30(36)22-35(28-14-10-11-15-29(28)40-7-3)42(38,39)25-18-16-24(41-4)17-19-25/h8-19,27H,5-7,20-22H2,1-4H3,(H,33,37). The van der Waals surface area contributed by atoms with E-state index in [4.69, 9.17) is 16.3 Å². The van der Waals surface area contributed by atoms with Gasteiger partial charge in [-0.2, -0.15) is 0 Å². The van der Waals surface area contributed by atoms with E-state index < -0.39 is 28.5 Å². The number of nitrogens with zero attached hydrogens (tertiary/aromatic N) is 2. The van der Waals surface area contributed by atoms with Gasteiger partial charge in [-0.3, -0.25) is 13.9 Å². The fraction of sp³-hybridized carbons (Fsp3) is 0.355. The summed E-state index contributed by atoms with van der Waals surface area (Å²) in [5, 5.41) is 3.32. The first-order valence-corrected chi connectivity index (χ1v) is 16.9. The molecular weight excluding hydrogens is 594 g/mol. The Kier molecular flexibility index (Phi) is 12.6. The van der Waals surface area contributed by atoms with Crippen LogP contribution < -0.4 is 14.4 Å². The van der Waals surface area contributed by atoms with Gasteiger partial charge in [0.25, 0.3) is 10.0 Å². The van der Waals surface area contributed by atoms with E-state index in [1.165, 1.54) is 28.8 Å². The van der Waals surface area contributed by atoms with Gasteiger partial charge < -0.3 is 15.0 Å². The van der Waals surface area contributed by atoms with Crippen LogP contribution in [0.15, 0.2) is 82.6 Å². The summed E-state index contributed by atoms with van der Waals surface area (Å²) in [6.07, 6.45) is 2.96. The molecule has 0 heterocycles. The van der Waals surface area contributed by atoms with Crippen molar-refractivity contribution in [1.29, 1.82) is 0 Å². The van der Waals surface area contributed by atoms with Crippen LogP contribution in [0.25, 0.3) is 0 Å². The number of hydrogen-bond donors (Lipinski definition) is 1. The lowest BCUT2D eigenvalue weighted by Gasteiger charge is -2.33. The molecule has 0 radical (unpaired) electrons. The molecule has 0 aromatic heterocycles. The van der Waals surface area contributed by atoms with Crippen molar-refractivity contribution in [2.24, 2.45) is 0 Å². The predicted molar refractivity (Wildman–Crippen MR) is 170 cm³/mol. The predicted octanol–water partition coefficient (Wildman–Crippen LogP) is 5.99. The van der Waals surface area contributed by atoms with E-state index in [0.717, 1.165) is 15.6 Å². The SMILES string of the molecule is CCCNC(=O)C(CC)N(Cc1ccccc1Cl)C(=O)CN(c1ccccc1OCC)S(=O)(=O)c1ccc(SC)cc1. The Morgan fingerprint density at radius 3 is 2.26 bits per heavy atom. The lowest BCUT2D eigenvalue weighted by Crippen LogP contribution is -2.52. The van der Waals surface area contributed by atoms with Crippen molar-refractivity contribution in [1.82, 2.24) is 10.2 Å². The van der Waals surface area contributed by atoms with E-state index in [1.54, 1.807) is 67.6 Å². The number of amides is 2. The number of ether oxygens (including phenoxy) is 1. The molecule has 1 N–H and O–H groups in total.